The third-order valence-corrected chi connectivity index (χ3v) is 5.14. The van der Waals surface area contributed by atoms with Crippen molar-refractivity contribution in [3.05, 3.63) is 70.0 Å². The van der Waals surface area contributed by atoms with Gasteiger partial charge in [0, 0.05) is 23.0 Å². The van der Waals surface area contributed by atoms with E-state index in [1.165, 1.54) is 24.0 Å². The van der Waals surface area contributed by atoms with Gasteiger partial charge in [0.1, 0.15) is 5.56 Å². The van der Waals surface area contributed by atoms with Crippen molar-refractivity contribution in [1.82, 2.24) is 4.57 Å². The zero-order valence-corrected chi connectivity index (χ0v) is 15.9. The van der Waals surface area contributed by atoms with Crippen LogP contribution in [0.5, 0.6) is 0 Å². The summed E-state index contributed by atoms with van der Waals surface area (Å²) in [4.78, 5) is 26.4. The third kappa shape index (κ3) is 3.77. The molecule has 3 aromatic rings. The molecule has 2 aromatic carbocycles. The van der Waals surface area contributed by atoms with Crippen molar-refractivity contribution in [2.24, 2.45) is 0 Å². The molecule has 0 bridgehead atoms. The predicted octanol–water partition coefficient (Wildman–Crippen LogP) is 5.01. The summed E-state index contributed by atoms with van der Waals surface area (Å²) >= 11 is 1.43. The lowest BCUT2D eigenvalue weighted by molar-refractivity contribution is -0.137. The Morgan fingerprint density at radius 1 is 1.18 bits per heavy atom. The molecule has 1 amide bonds. The van der Waals surface area contributed by atoms with Crippen LogP contribution >= 0.6 is 11.8 Å². The third-order valence-electron chi connectivity index (χ3n) is 4.35. The first kappa shape index (κ1) is 20.0. The second-order valence-corrected chi connectivity index (χ2v) is 6.89. The van der Waals surface area contributed by atoms with E-state index in [0.29, 0.717) is 17.7 Å². The highest BCUT2D eigenvalue weighted by molar-refractivity contribution is 7.98. The van der Waals surface area contributed by atoms with Crippen LogP contribution in [0.15, 0.2) is 58.4 Å². The van der Waals surface area contributed by atoms with E-state index >= 15 is 0 Å². The minimum absolute atomic E-state index is 0.137. The number of nitrogens with zero attached hydrogens (tertiary/aromatic N) is 1. The monoisotopic (exact) mass is 406 g/mol. The standard InChI is InChI=1S/C20H17F3N2O2S/c1-3-25-11-14(19(27)24-15-6-4-5-7-17(15)28-2)18(26)13-10-12(20(21,22)23)8-9-16(13)25/h4-11H,3H2,1-2H3,(H,24,27). The highest BCUT2D eigenvalue weighted by Gasteiger charge is 2.31. The van der Waals surface area contributed by atoms with Crippen LogP contribution in [0.3, 0.4) is 0 Å². The molecule has 0 saturated heterocycles. The number of alkyl halides is 3. The zero-order valence-electron chi connectivity index (χ0n) is 15.1. The molecule has 0 atom stereocenters. The number of benzene rings is 2. The summed E-state index contributed by atoms with van der Waals surface area (Å²) in [5, 5.41) is 2.55. The normalized spacial score (nSPS) is 11.6. The fourth-order valence-corrected chi connectivity index (χ4v) is 3.49. The van der Waals surface area contributed by atoms with Gasteiger partial charge in [0.25, 0.3) is 5.91 Å². The SMILES string of the molecule is CCn1cc(C(=O)Nc2ccccc2SC)c(=O)c2cc(C(F)(F)F)ccc21. The highest BCUT2D eigenvalue weighted by atomic mass is 32.2. The Hall–Kier alpha value is -2.74. The fourth-order valence-electron chi connectivity index (χ4n) is 2.93. The Labute approximate surface area is 163 Å². The Morgan fingerprint density at radius 3 is 2.54 bits per heavy atom. The number of thioether (sulfide) groups is 1. The number of carbonyl (C=O) groups excluding carboxylic acids is 1. The van der Waals surface area contributed by atoms with E-state index in [4.69, 9.17) is 0 Å². The highest BCUT2D eigenvalue weighted by Crippen LogP contribution is 2.31. The van der Waals surface area contributed by atoms with Gasteiger partial charge in [0.2, 0.25) is 5.43 Å². The van der Waals surface area contributed by atoms with Gasteiger partial charge in [0.15, 0.2) is 0 Å². The largest absolute Gasteiger partial charge is 0.416 e. The second kappa shape index (κ2) is 7.71. The summed E-state index contributed by atoms with van der Waals surface area (Å²) in [6.07, 6.45) is -1.34. The van der Waals surface area contributed by atoms with Crippen molar-refractivity contribution >= 4 is 34.3 Å². The number of rotatable bonds is 4. The average molecular weight is 406 g/mol. The Bertz CT molecular complexity index is 1110. The summed E-state index contributed by atoms with van der Waals surface area (Å²) in [5.74, 6) is -0.659. The van der Waals surface area contributed by atoms with E-state index in [9.17, 15) is 22.8 Å². The molecule has 146 valence electrons. The fraction of sp³-hybridized carbons (Fsp3) is 0.200. The number of fused-ring (bicyclic) bond motifs is 1. The zero-order chi connectivity index (χ0) is 20.5. The molecule has 1 heterocycles. The Balaban J connectivity index is 2.13. The molecule has 1 N–H and O–H groups in total. The number of anilines is 1. The van der Waals surface area contributed by atoms with Gasteiger partial charge in [-0.2, -0.15) is 13.2 Å². The van der Waals surface area contributed by atoms with Gasteiger partial charge in [-0.1, -0.05) is 12.1 Å². The molecule has 0 aliphatic rings. The number of aryl methyl sites for hydroxylation is 1. The van der Waals surface area contributed by atoms with Crippen molar-refractivity contribution in [3.63, 3.8) is 0 Å². The maximum absolute atomic E-state index is 13.1. The number of para-hydroxylation sites is 1. The van der Waals surface area contributed by atoms with Gasteiger partial charge < -0.3 is 9.88 Å². The number of amides is 1. The number of aromatic nitrogens is 1. The van der Waals surface area contributed by atoms with E-state index in [-0.39, 0.29) is 10.9 Å². The van der Waals surface area contributed by atoms with Crippen molar-refractivity contribution in [1.29, 1.82) is 0 Å². The van der Waals surface area contributed by atoms with Crippen LogP contribution in [-0.4, -0.2) is 16.7 Å². The number of halogens is 3. The van der Waals surface area contributed by atoms with Crippen molar-refractivity contribution in [3.8, 4) is 0 Å². The molecular formula is C20H17F3N2O2S. The first-order chi connectivity index (χ1) is 13.3. The lowest BCUT2D eigenvalue weighted by atomic mass is 10.1. The molecule has 0 aliphatic heterocycles. The number of pyridine rings is 1. The minimum atomic E-state index is -4.58. The van der Waals surface area contributed by atoms with E-state index in [0.717, 1.165) is 17.0 Å². The van der Waals surface area contributed by atoms with Gasteiger partial charge >= 0.3 is 6.18 Å². The van der Waals surface area contributed by atoms with Crippen LogP contribution in [0.2, 0.25) is 0 Å². The molecule has 0 unspecified atom stereocenters. The summed E-state index contributed by atoms with van der Waals surface area (Å²) in [6, 6.07) is 10.1. The van der Waals surface area contributed by atoms with Crippen LogP contribution in [-0.2, 0) is 12.7 Å². The summed E-state index contributed by atoms with van der Waals surface area (Å²) in [5.41, 5.74) is -0.979. The van der Waals surface area contributed by atoms with Gasteiger partial charge in [-0.15, -0.1) is 11.8 Å². The molecule has 3 rings (SSSR count). The quantitative estimate of drug-likeness (QED) is 0.620. The molecule has 8 heteroatoms. The summed E-state index contributed by atoms with van der Waals surface area (Å²) < 4.78 is 40.8. The number of hydrogen-bond donors (Lipinski definition) is 1. The Morgan fingerprint density at radius 2 is 1.89 bits per heavy atom. The number of hydrogen-bond acceptors (Lipinski definition) is 3. The molecule has 1 aromatic heterocycles. The van der Waals surface area contributed by atoms with Gasteiger partial charge in [-0.25, -0.2) is 0 Å². The van der Waals surface area contributed by atoms with Gasteiger partial charge in [0.05, 0.1) is 16.8 Å². The van der Waals surface area contributed by atoms with Crippen LogP contribution in [0.25, 0.3) is 10.9 Å². The van der Waals surface area contributed by atoms with Crippen molar-refractivity contribution in [2.45, 2.75) is 24.5 Å². The molecule has 0 spiro atoms. The lowest BCUT2D eigenvalue weighted by Gasteiger charge is -2.14. The Kier molecular flexibility index (Phi) is 5.51. The lowest BCUT2D eigenvalue weighted by Crippen LogP contribution is -2.24. The minimum Gasteiger partial charge on any atom is -0.347 e. The molecule has 4 nitrogen and oxygen atoms in total. The van der Waals surface area contributed by atoms with Crippen molar-refractivity contribution in [2.75, 3.05) is 11.6 Å². The van der Waals surface area contributed by atoms with Crippen LogP contribution < -0.4 is 10.7 Å². The van der Waals surface area contributed by atoms with Gasteiger partial charge in [-0.05, 0) is 43.5 Å². The summed E-state index contributed by atoms with van der Waals surface area (Å²) in [7, 11) is 0. The maximum Gasteiger partial charge on any atom is 0.416 e. The van der Waals surface area contributed by atoms with Crippen molar-refractivity contribution < 1.29 is 18.0 Å². The average Bonchev–Trinajstić information content (AvgIpc) is 2.67. The molecule has 28 heavy (non-hydrogen) atoms. The van der Waals surface area contributed by atoms with E-state index in [1.54, 1.807) is 23.6 Å². The van der Waals surface area contributed by atoms with Crippen LogP contribution in [0, 0.1) is 0 Å². The van der Waals surface area contributed by atoms with Crippen LogP contribution in [0.1, 0.15) is 22.8 Å². The van der Waals surface area contributed by atoms with E-state index in [1.807, 2.05) is 18.4 Å². The molecule has 0 aliphatic carbocycles. The smallest absolute Gasteiger partial charge is 0.347 e. The predicted molar refractivity (Wildman–Crippen MR) is 105 cm³/mol. The van der Waals surface area contributed by atoms with E-state index in [2.05, 4.69) is 5.32 Å². The molecule has 0 radical (unpaired) electrons. The molecule has 0 saturated carbocycles. The first-order valence-electron chi connectivity index (χ1n) is 8.45. The number of carbonyl (C=O) groups is 1. The number of nitrogens with one attached hydrogen (secondary N) is 1. The van der Waals surface area contributed by atoms with E-state index < -0.39 is 23.1 Å². The van der Waals surface area contributed by atoms with Crippen LogP contribution in [0.4, 0.5) is 18.9 Å². The van der Waals surface area contributed by atoms with Gasteiger partial charge in [-0.3, -0.25) is 9.59 Å². The maximum atomic E-state index is 13.1. The first-order valence-corrected chi connectivity index (χ1v) is 9.67. The summed E-state index contributed by atoms with van der Waals surface area (Å²) in [6.45, 7) is 2.18. The molecule has 0 fully saturated rings. The second-order valence-electron chi connectivity index (χ2n) is 6.04. The topological polar surface area (TPSA) is 51.1 Å². The molecular weight excluding hydrogens is 389 g/mol.